The molecule has 232 valence electrons. The van der Waals surface area contributed by atoms with Gasteiger partial charge in [0.1, 0.15) is 42.2 Å². The Morgan fingerprint density at radius 1 is 0.891 bits per heavy atom. The predicted octanol–water partition coefficient (Wildman–Crippen LogP) is 6.73. The predicted molar refractivity (Wildman–Crippen MR) is 171 cm³/mol. The molecule has 46 heavy (non-hydrogen) atoms. The molecule has 0 unspecified atom stereocenters. The molecule has 2 heterocycles. The van der Waals surface area contributed by atoms with Gasteiger partial charge in [-0.25, -0.2) is 0 Å². The lowest BCUT2D eigenvalue weighted by Gasteiger charge is -2.17. The van der Waals surface area contributed by atoms with Gasteiger partial charge in [0.25, 0.3) is 0 Å². The van der Waals surface area contributed by atoms with Gasteiger partial charge in [0.2, 0.25) is 0 Å². The van der Waals surface area contributed by atoms with Crippen molar-refractivity contribution in [1.82, 2.24) is 20.0 Å². The Labute approximate surface area is 271 Å². The number of benzene rings is 3. The minimum atomic E-state index is 0.109. The summed E-state index contributed by atoms with van der Waals surface area (Å²) >= 11 is 6.48. The quantitative estimate of drug-likeness (QED) is 0.0962. The molecule has 0 spiro atoms. The van der Waals surface area contributed by atoms with Crippen LogP contribution in [0.15, 0.2) is 73.2 Å². The lowest BCUT2D eigenvalue weighted by molar-refractivity contribution is 0.111. The van der Waals surface area contributed by atoms with E-state index < -0.39 is 0 Å². The van der Waals surface area contributed by atoms with Gasteiger partial charge in [-0.3, -0.25) is 19.3 Å². The average Bonchev–Trinajstić information content (AvgIpc) is 3.55. The van der Waals surface area contributed by atoms with E-state index in [9.17, 15) is 9.59 Å². The second kappa shape index (κ2) is 15.0. The number of nitriles is 1. The van der Waals surface area contributed by atoms with E-state index in [1.165, 1.54) is 12.3 Å². The third-order valence-electron chi connectivity index (χ3n) is 7.38. The van der Waals surface area contributed by atoms with Crippen LogP contribution in [0, 0.1) is 25.2 Å². The number of aryl methyl sites for hydroxylation is 1. The van der Waals surface area contributed by atoms with Gasteiger partial charge in [-0.15, -0.1) is 5.10 Å². The fourth-order valence-electron chi connectivity index (χ4n) is 4.90. The molecule has 0 amide bonds. The number of carbonyl (C=O) groups excluding carboxylic acids is 2. The molecule has 0 atom stereocenters. The minimum Gasteiger partial charge on any atom is -0.493 e. The molecule has 0 aliphatic rings. The molecule has 0 N–H and O–H groups in total. The van der Waals surface area contributed by atoms with Gasteiger partial charge in [0, 0.05) is 37.0 Å². The number of pyridine rings is 1. The highest BCUT2D eigenvalue weighted by Crippen LogP contribution is 2.36. The molecule has 0 aliphatic heterocycles. The Hall–Kier alpha value is -5.53. The van der Waals surface area contributed by atoms with E-state index in [1.807, 2.05) is 44.2 Å². The summed E-state index contributed by atoms with van der Waals surface area (Å²) in [6, 6.07) is 18.8. The zero-order valence-corrected chi connectivity index (χ0v) is 26.0. The molecule has 5 aromatic rings. The molecule has 0 radical (unpaired) electrons. The first-order valence-electron chi connectivity index (χ1n) is 14.4. The maximum atomic E-state index is 11.7. The summed E-state index contributed by atoms with van der Waals surface area (Å²) in [5.41, 5.74) is 6.80. The molecule has 5 rings (SSSR count). The van der Waals surface area contributed by atoms with E-state index in [1.54, 1.807) is 29.2 Å². The first kappa shape index (κ1) is 31.9. The number of hydrogen-bond acceptors (Lipinski definition) is 9. The van der Waals surface area contributed by atoms with Gasteiger partial charge < -0.3 is 14.2 Å². The summed E-state index contributed by atoms with van der Waals surface area (Å²) < 4.78 is 19.8. The van der Waals surface area contributed by atoms with Crippen molar-refractivity contribution >= 4 is 24.2 Å². The third kappa shape index (κ3) is 7.57. The summed E-state index contributed by atoms with van der Waals surface area (Å²) in [7, 11) is 0. The lowest BCUT2D eigenvalue weighted by Crippen LogP contribution is -2.06. The summed E-state index contributed by atoms with van der Waals surface area (Å²) in [5, 5.41) is 17.1. The van der Waals surface area contributed by atoms with E-state index in [4.69, 9.17) is 31.1 Å². The summed E-state index contributed by atoms with van der Waals surface area (Å²) in [5.74, 6) is 1.47. The van der Waals surface area contributed by atoms with Crippen molar-refractivity contribution < 1.29 is 23.8 Å². The van der Waals surface area contributed by atoms with Crippen LogP contribution in [0.25, 0.3) is 11.1 Å². The number of halogens is 1. The van der Waals surface area contributed by atoms with E-state index in [0.717, 1.165) is 33.6 Å². The Kier molecular flexibility index (Phi) is 10.4. The first-order valence-corrected chi connectivity index (χ1v) is 14.8. The normalized spacial score (nSPS) is 10.7. The molecule has 3 aromatic carbocycles. The number of nitrogens with zero attached hydrogens (tertiary/aromatic N) is 5. The molecule has 0 fully saturated rings. The Balaban J connectivity index is 1.27. The number of carbonyl (C=O) groups is 2. The molecule has 0 aliphatic carbocycles. The SMILES string of the molecule is Cc1c(COc2cc(OCc3cncc(C#N)c3)c(C=O)cc2Cl)cccc1-c1cccc(OCCCn2cc(C=O)nn2)c1C. The number of aldehydes is 2. The van der Waals surface area contributed by atoms with Gasteiger partial charge in [0.05, 0.1) is 29.0 Å². The molecule has 2 aromatic heterocycles. The molecule has 0 bridgehead atoms. The monoisotopic (exact) mass is 635 g/mol. The highest BCUT2D eigenvalue weighted by Gasteiger charge is 2.15. The Bertz CT molecular complexity index is 1920. The van der Waals surface area contributed by atoms with E-state index in [0.29, 0.717) is 60.5 Å². The van der Waals surface area contributed by atoms with Crippen LogP contribution in [0.1, 0.15) is 55.1 Å². The van der Waals surface area contributed by atoms with Gasteiger partial charge in [-0.1, -0.05) is 47.1 Å². The molecular weight excluding hydrogens is 606 g/mol. The summed E-state index contributed by atoms with van der Waals surface area (Å²) in [6.45, 7) is 5.48. The van der Waals surface area contributed by atoms with E-state index in [-0.39, 0.29) is 23.8 Å². The highest BCUT2D eigenvalue weighted by atomic mass is 35.5. The first-order chi connectivity index (χ1) is 22.4. The second-order valence-electron chi connectivity index (χ2n) is 10.5. The largest absolute Gasteiger partial charge is 0.493 e. The molecule has 10 nitrogen and oxygen atoms in total. The van der Waals surface area contributed by atoms with Gasteiger partial charge >= 0.3 is 0 Å². The minimum absolute atomic E-state index is 0.109. The van der Waals surface area contributed by atoms with Crippen LogP contribution in [0.4, 0.5) is 0 Å². The zero-order chi connectivity index (χ0) is 32.5. The van der Waals surface area contributed by atoms with Gasteiger partial charge in [0.15, 0.2) is 12.6 Å². The van der Waals surface area contributed by atoms with E-state index >= 15 is 0 Å². The second-order valence-corrected chi connectivity index (χ2v) is 10.9. The topological polar surface area (TPSA) is 129 Å². The van der Waals surface area contributed by atoms with Crippen LogP contribution >= 0.6 is 11.6 Å². The summed E-state index contributed by atoms with van der Waals surface area (Å²) in [4.78, 5) is 26.6. The number of hydrogen-bond donors (Lipinski definition) is 0. The van der Waals surface area contributed by atoms with Crippen molar-refractivity contribution in [3.05, 3.63) is 117 Å². The van der Waals surface area contributed by atoms with Crippen LogP contribution < -0.4 is 14.2 Å². The third-order valence-corrected chi connectivity index (χ3v) is 7.67. The van der Waals surface area contributed by atoms with Gasteiger partial charge in [-0.05, 0) is 59.9 Å². The maximum Gasteiger partial charge on any atom is 0.171 e. The van der Waals surface area contributed by atoms with Crippen LogP contribution in [-0.2, 0) is 19.8 Å². The number of ether oxygens (including phenoxy) is 3. The molecule has 11 heteroatoms. The van der Waals surface area contributed by atoms with Crippen molar-refractivity contribution in [2.24, 2.45) is 0 Å². The summed E-state index contributed by atoms with van der Waals surface area (Å²) in [6.07, 6.45) is 6.71. The van der Waals surface area contributed by atoms with Crippen molar-refractivity contribution in [1.29, 1.82) is 5.26 Å². The lowest BCUT2D eigenvalue weighted by atomic mass is 9.93. The molecule has 0 saturated heterocycles. The standard InChI is InChI=1S/C35H30ClN5O5/c1-23-27(22-46-35-14-34(28(19-42)13-32(35)36)45-21-26-12-25(15-37)16-38-17-26)6-3-7-30(23)31-8-4-9-33(24(31)2)44-11-5-10-41-18-29(20-43)39-40-41/h3-4,6-9,12-14,16-20H,5,10-11,21-22H2,1-2H3. The van der Waals surface area contributed by atoms with Crippen molar-refractivity contribution in [2.45, 2.75) is 40.0 Å². The van der Waals surface area contributed by atoms with Gasteiger partial charge in [-0.2, -0.15) is 5.26 Å². The Morgan fingerprint density at radius 3 is 2.43 bits per heavy atom. The fourth-order valence-corrected chi connectivity index (χ4v) is 5.13. The molecular formula is C35H30ClN5O5. The van der Waals surface area contributed by atoms with E-state index in [2.05, 4.69) is 27.4 Å². The fraction of sp³-hybridized carbons (Fsp3) is 0.200. The number of rotatable bonds is 14. The maximum absolute atomic E-state index is 11.7. The zero-order valence-electron chi connectivity index (χ0n) is 25.3. The molecule has 0 saturated carbocycles. The van der Waals surface area contributed by atoms with Crippen molar-refractivity contribution in [3.63, 3.8) is 0 Å². The van der Waals surface area contributed by atoms with Crippen molar-refractivity contribution in [2.75, 3.05) is 6.61 Å². The smallest absolute Gasteiger partial charge is 0.171 e. The van der Waals surface area contributed by atoms with Crippen molar-refractivity contribution in [3.8, 4) is 34.4 Å². The van der Waals surface area contributed by atoms with Crippen LogP contribution in [0.5, 0.6) is 17.2 Å². The Morgan fingerprint density at radius 2 is 1.67 bits per heavy atom. The average molecular weight is 636 g/mol. The number of aromatic nitrogens is 4. The van der Waals surface area contributed by atoms with Crippen LogP contribution in [-0.4, -0.2) is 39.2 Å². The highest BCUT2D eigenvalue weighted by molar-refractivity contribution is 6.32. The van der Waals surface area contributed by atoms with Crippen LogP contribution in [0.2, 0.25) is 5.02 Å². The van der Waals surface area contributed by atoms with Crippen LogP contribution in [0.3, 0.4) is 0 Å².